The Labute approximate surface area is 238 Å². The van der Waals surface area contributed by atoms with Gasteiger partial charge in [0.15, 0.2) is 0 Å². The van der Waals surface area contributed by atoms with E-state index in [0.717, 1.165) is 41.3 Å². The average molecular weight is 542 g/mol. The number of anilines is 2. The van der Waals surface area contributed by atoms with Crippen LogP contribution in [-0.4, -0.2) is 32.6 Å². The molecular weight excluding hydrogens is 502 g/mol. The molecule has 1 amide bonds. The van der Waals surface area contributed by atoms with Crippen LogP contribution in [-0.2, 0) is 15.6 Å². The van der Waals surface area contributed by atoms with Crippen LogP contribution in [0, 0.1) is 0 Å². The fourth-order valence-corrected chi connectivity index (χ4v) is 6.93. The van der Waals surface area contributed by atoms with Crippen molar-refractivity contribution in [3.63, 3.8) is 0 Å². The Morgan fingerprint density at radius 2 is 1.67 bits per heavy atom. The van der Waals surface area contributed by atoms with E-state index in [2.05, 4.69) is 117 Å². The number of amides is 1. The lowest BCUT2D eigenvalue weighted by atomic mass is 9.80. The molecule has 0 radical (unpaired) electrons. The highest BCUT2D eigenvalue weighted by Gasteiger charge is 2.42. The highest BCUT2D eigenvalue weighted by atomic mass is 35.5. The van der Waals surface area contributed by atoms with Crippen molar-refractivity contribution in [2.75, 3.05) is 30.4 Å². The Morgan fingerprint density at radius 1 is 1.00 bits per heavy atom. The molecule has 1 unspecified atom stereocenters. The first kappa shape index (κ1) is 27.3. The lowest BCUT2D eigenvalue weighted by molar-refractivity contribution is -0.119. The second-order valence-corrected chi connectivity index (χ2v) is 12.4. The minimum atomic E-state index is -0.219. The van der Waals surface area contributed by atoms with E-state index in [4.69, 9.17) is 11.6 Å². The first-order chi connectivity index (χ1) is 18.6. The number of para-hydroxylation sites is 2. The minimum absolute atomic E-state index is 0.00831. The molecule has 3 aliphatic rings. The molecule has 2 aliphatic heterocycles. The molecule has 5 rings (SSSR count). The number of carbonyl (C=O) groups excluding carboxylic acids is 1. The molecule has 5 heteroatoms. The fourth-order valence-electron chi connectivity index (χ4n) is 6.62. The summed E-state index contributed by atoms with van der Waals surface area (Å²) in [5, 5.41) is 3.64. The summed E-state index contributed by atoms with van der Waals surface area (Å²) < 4.78 is 0. The molecule has 0 saturated heterocycles. The summed E-state index contributed by atoms with van der Waals surface area (Å²) in [6.07, 6.45) is 11.9. The van der Waals surface area contributed by atoms with Crippen molar-refractivity contribution >= 4 is 28.9 Å². The topological polar surface area (TPSA) is 35.6 Å². The highest BCUT2D eigenvalue weighted by Crippen LogP contribution is 2.48. The molecule has 1 N–H and O–H groups in total. The molecule has 39 heavy (non-hydrogen) atoms. The van der Waals surface area contributed by atoms with Crippen molar-refractivity contribution in [2.45, 2.75) is 63.8 Å². The van der Waals surface area contributed by atoms with E-state index in [-0.39, 0.29) is 29.3 Å². The SMILES string of the molecule is CNC(=O)CN1/C(=C/C=C2\CCCC(/C=C/C3N(C)c4ccccc4C3(C)C)=C2Cl)C(C)(C)c2ccccc21. The summed E-state index contributed by atoms with van der Waals surface area (Å²) >= 11 is 7.06. The largest absolute Gasteiger partial charge is 0.367 e. The van der Waals surface area contributed by atoms with Gasteiger partial charge >= 0.3 is 0 Å². The summed E-state index contributed by atoms with van der Waals surface area (Å²) in [7, 11) is 3.87. The van der Waals surface area contributed by atoms with Gasteiger partial charge in [0, 0.05) is 47.0 Å². The van der Waals surface area contributed by atoms with Gasteiger partial charge in [-0.3, -0.25) is 4.79 Å². The molecule has 0 fully saturated rings. The van der Waals surface area contributed by atoms with Crippen LogP contribution in [0.15, 0.2) is 94.7 Å². The molecular formula is C34H40ClN3O. The molecule has 204 valence electrons. The molecule has 0 aromatic heterocycles. The van der Waals surface area contributed by atoms with E-state index in [0.29, 0.717) is 0 Å². The average Bonchev–Trinajstić information content (AvgIpc) is 3.25. The van der Waals surface area contributed by atoms with Crippen molar-refractivity contribution in [2.24, 2.45) is 0 Å². The Kier molecular flexibility index (Phi) is 7.28. The monoisotopic (exact) mass is 541 g/mol. The number of fused-ring (bicyclic) bond motifs is 2. The zero-order chi connectivity index (χ0) is 27.9. The minimum Gasteiger partial charge on any atom is -0.367 e. The van der Waals surface area contributed by atoms with Crippen LogP contribution >= 0.6 is 11.6 Å². The van der Waals surface area contributed by atoms with Crippen molar-refractivity contribution in [1.29, 1.82) is 0 Å². The quantitative estimate of drug-likeness (QED) is 0.429. The zero-order valence-electron chi connectivity index (χ0n) is 24.0. The molecule has 0 saturated carbocycles. The standard InChI is InChI=1S/C34H40ClN3O/c1-33(2)25-14-7-9-16-27(25)37(6)29(33)20-18-23-12-11-13-24(32(23)35)19-21-30-34(3,4)26-15-8-10-17-28(26)38(30)22-31(39)36-5/h7-10,14-21,29H,11-13,22H2,1-6H3,(H,36,39)/b20-18+,24-19+,30-21+. The number of nitrogens with one attached hydrogen (secondary N) is 1. The van der Waals surface area contributed by atoms with Gasteiger partial charge in [-0.25, -0.2) is 0 Å². The van der Waals surface area contributed by atoms with Crippen LogP contribution in [0.5, 0.6) is 0 Å². The maximum Gasteiger partial charge on any atom is 0.239 e. The number of likely N-dealkylation sites (N-methyl/N-ethyl adjacent to an activating group) is 2. The van der Waals surface area contributed by atoms with Gasteiger partial charge in [0.1, 0.15) is 6.54 Å². The lowest BCUT2D eigenvalue weighted by Crippen LogP contribution is -2.37. The molecule has 0 spiro atoms. The number of rotatable bonds is 5. The van der Waals surface area contributed by atoms with Crippen molar-refractivity contribution in [1.82, 2.24) is 5.32 Å². The Bertz CT molecular complexity index is 1410. The number of allylic oxidation sites excluding steroid dienone is 7. The maximum absolute atomic E-state index is 12.4. The molecule has 2 heterocycles. The van der Waals surface area contributed by atoms with Crippen LogP contribution in [0.4, 0.5) is 11.4 Å². The zero-order valence-corrected chi connectivity index (χ0v) is 24.8. The van der Waals surface area contributed by atoms with Crippen LogP contribution in [0.2, 0.25) is 0 Å². The van der Waals surface area contributed by atoms with E-state index >= 15 is 0 Å². The number of hydrogen-bond donors (Lipinski definition) is 1. The van der Waals surface area contributed by atoms with E-state index in [9.17, 15) is 4.79 Å². The predicted molar refractivity (Wildman–Crippen MR) is 165 cm³/mol. The van der Waals surface area contributed by atoms with Gasteiger partial charge in [-0.05, 0) is 59.7 Å². The number of benzene rings is 2. The van der Waals surface area contributed by atoms with Crippen LogP contribution in [0.3, 0.4) is 0 Å². The summed E-state index contributed by atoms with van der Waals surface area (Å²) in [5.41, 5.74) is 8.28. The van der Waals surface area contributed by atoms with E-state index < -0.39 is 0 Å². The molecule has 2 aromatic carbocycles. The third kappa shape index (κ3) is 4.74. The summed E-state index contributed by atoms with van der Waals surface area (Å²) in [4.78, 5) is 16.9. The van der Waals surface area contributed by atoms with Crippen LogP contribution in [0.25, 0.3) is 0 Å². The van der Waals surface area contributed by atoms with Crippen molar-refractivity contribution in [3.05, 3.63) is 106 Å². The van der Waals surface area contributed by atoms with Crippen LogP contribution < -0.4 is 15.1 Å². The van der Waals surface area contributed by atoms with Gasteiger partial charge in [0.05, 0.1) is 6.04 Å². The number of nitrogens with zero attached hydrogens (tertiary/aromatic N) is 2. The van der Waals surface area contributed by atoms with Crippen molar-refractivity contribution < 1.29 is 4.79 Å². The van der Waals surface area contributed by atoms with E-state index in [1.54, 1.807) is 7.05 Å². The van der Waals surface area contributed by atoms with E-state index in [1.807, 2.05) is 6.07 Å². The highest BCUT2D eigenvalue weighted by molar-refractivity contribution is 6.32. The Hall–Kier alpha value is -3.24. The molecule has 2 aromatic rings. The Balaban J connectivity index is 1.46. The molecule has 1 atom stereocenters. The number of hydrogen-bond acceptors (Lipinski definition) is 3. The fraction of sp³-hybridized carbons (Fsp3) is 0.382. The predicted octanol–water partition coefficient (Wildman–Crippen LogP) is 7.37. The van der Waals surface area contributed by atoms with Crippen molar-refractivity contribution in [3.8, 4) is 0 Å². The third-order valence-corrected chi connectivity index (χ3v) is 9.38. The number of carbonyl (C=O) groups is 1. The number of halogens is 1. The van der Waals surface area contributed by atoms with Gasteiger partial charge in [-0.1, -0.05) is 93.9 Å². The third-order valence-electron chi connectivity index (χ3n) is 8.89. The smallest absolute Gasteiger partial charge is 0.239 e. The lowest BCUT2D eigenvalue weighted by Gasteiger charge is -2.30. The second-order valence-electron chi connectivity index (χ2n) is 12.0. The van der Waals surface area contributed by atoms with Gasteiger partial charge in [-0.15, -0.1) is 0 Å². The second kappa shape index (κ2) is 10.4. The van der Waals surface area contributed by atoms with Gasteiger partial charge in [-0.2, -0.15) is 0 Å². The summed E-state index contributed by atoms with van der Waals surface area (Å²) in [5.74, 6) is -0.00831. The van der Waals surface area contributed by atoms with Gasteiger partial charge in [0.2, 0.25) is 5.91 Å². The van der Waals surface area contributed by atoms with Gasteiger partial charge in [0.25, 0.3) is 0 Å². The molecule has 1 aliphatic carbocycles. The molecule has 0 bridgehead atoms. The summed E-state index contributed by atoms with van der Waals surface area (Å²) in [6.45, 7) is 9.39. The first-order valence-corrected chi connectivity index (χ1v) is 14.3. The molecule has 4 nitrogen and oxygen atoms in total. The first-order valence-electron chi connectivity index (χ1n) is 14.0. The van der Waals surface area contributed by atoms with E-state index in [1.165, 1.54) is 22.4 Å². The Morgan fingerprint density at radius 3 is 2.36 bits per heavy atom. The van der Waals surface area contributed by atoms with Crippen LogP contribution in [0.1, 0.15) is 58.1 Å². The summed E-state index contributed by atoms with van der Waals surface area (Å²) in [6, 6.07) is 17.3. The van der Waals surface area contributed by atoms with Gasteiger partial charge < -0.3 is 15.1 Å². The maximum atomic E-state index is 12.4. The normalized spacial score (nSPS) is 23.6.